The molecule has 0 unspecified atom stereocenters. The Bertz CT molecular complexity index is 1020. The third-order valence-corrected chi connectivity index (χ3v) is 6.22. The van der Waals surface area contributed by atoms with Crippen LogP contribution in [0.15, 0.2) is 54.2 Å². The van der Waals surface area contributed by atoms with Crippen molar-refractivity contribution in [2.75, 3.05) is 24.6 Å². The quantitative estimate of drug-likeness (QED) is 0.551. The average Bonchev–Trinajstić information content (AvgIpc) is 3.04. The van der Waals surface area contributed by atoms with Crippen LogP contribution in [-0.4, -0.2) is 36.4 Å². The van der Waals surface area contributed by atoms with Crippen molar-refractivity contribution in [3.63, 3.8) is 0 Å². The number of anilines is 1. The zero-order valence-corrected chi connectivity index (χ0v) is 19.6. The molecule has 0 radical (unpaired) electrons. The summed E-state index contributed by atoms with van der Waals surface area (Å²) < 4.78 is 5.79. The second-order valence-electron chi connectivity index (χ2n) is 9.04. The minimum atomic E-state index is -0.304. The van der Waals surface area contributed by atoms with E-state index in [1.54, 1.807) is 24.3 Å². The standard InChI is InChI=1S/C26H29ClN2O3/c1-17(2)16-32-22-10-4-19(5-11-22)23-24(28-14-12-18(3)13-15-28)26(31)29(25(23)30)21-8-6-20(27)7-9-21/h4-11,17-18H,12-16H2,1-3H3. The van der Waals surface area contributed by atoms with Crippen LogP contribution >= 0.6 is 11.6 Å². The maximum Gasteiger partial charge on any atom is 0.282 e. The Morgan fingerprint density at radius 1 is 0.969 bits per heavy atom. The molecule has 2 aliphatic heterocycles. The van der Waals surface area contributed by atoms with E-state index in [0.29, 0.717) is 40.4 Å². The Balaban J connectivity index is 1.71. The first-order valence-corrected chi connectivity index (χ1v) is 11.6. The van der Waals surface area contributed by atoms with Crippen molar-refractivity contribution >= 4 is 34.7 Å². The van der Waals surface area contributed by atoms with Gasteiger partial charge in [-0.05, 0) is 66.6 Å². The van der Waals surface area contributed by atoms with Crippen molar-refractivity contribution in [2.45, 2.75) is 33.6 Å². The van der Waals surface area contributed by atoms with Gasteiger partial charge in [-0.1, -0.05) is 44.5 Å². The number of amides is 2. The molecule has 0 saturated carbocycles. The van der Waals surface area contributed by atoms with E-state index in [2.05, 4.69) is 25.7 Å². The van der Waals surface area contributed by atoms with Crippen molar-refractivity contribution in [3.05, 3.63) is 64.8 Å². The van der Waals surface area contributed by atoms with Crippen LogP contribution in [0.5, 0.6) is 5.75 Å². The number of carbonyl (C=O) groups excluding carboxylic acids is 2. The van der Waals surface area contributed by atoms with E-state index < -0.39 is 0 Å². The van der Waals surface area contributed by atoms with E-state index in [4.69, 9.17) is 16.3 Å². The summed E-state index contributed by atoms with van der Waals surface area (Å²) in [6.07, 6.45) is 2.00. The van der Waals surface area contributed by atoms with Gasteiger partial charge in [-0.15, -0.1) is 0 Å². The van der Waals surface area contributed by atoms with E-state index in [1.165, 1.54) is 4.90 Å². The van der Waals surface area contributed by atoms with Crippen LogP contribution in [0.4, 0.5) is 5.69 Å². The first kappa shape index (κ1) is 22.4. The fraction of sp³-hybridized carbons (Fsp3) is 0.385. The molecule has 2 aromatic rings. The number of hydrogen-bond donors (Lipinski definition) is 0. The summed E-state index contributed by atoms with van der Waals surface area (Å²) in [4.78, 5) is 30.5. The predicted molar refractivity (Wildman–Crippen MR) is 128 cm³/mol. The highest BCUT2D eigenvalue weighted by Crippen LogP contribution is 2.37. The van der Waals surface area contributed by atoms with E-state index >= 15 is 0 Å². The van der Waals surface area contributed by atoms with E-state index in [1.807, 2.05) is 24.3 Å². The van der Waals surface area contributed by atoms with Crippen molar-refractivity contribution in [1.82, 2.24) is 4.90 Å². The summed E-state index contributed by atoms with van der Waals surface area (Å²) in [7, 11) is 0. The van der Waals surface area contributed by atoms with Crippen LogP contribution in [0.3, 0.4) is 0 Å². The molecule has 0 spiro atoms. The minimum Gasteiger partial charge on any atom is -0.493 e. The SMILES string of the molecule is CC(C)COc1ccc(C2=C(N3CCC(C)CC3)C(=O)N(c3ccc(Cl)cc3)C2=O)cc1. The molecule has 5 nitrogen and oxygen atoms in total. The number of rotatable bonds is 6. The van der Waals surface area contributed by atoms with E-state index in [0.717, 1.165) is 37.2 Å². The monoisotopic (exact) mass is 452 g/mol. The van der Waals surface area contributed by atoms with Gasteiger partial charge in [-0.25, -0.2) is 4.90 Å². The molecule has 1 fully saturated rings. The van der Waals surface area contributed by atoms with Gasteiger partial charge >= 0.3 is 0 Å². The molecular weight excluding hydrogens is 424 g/mol. The molecule has 2 heterocycles. The zero-order valence-electron chi connectivity index (χ0n) is 18.8. The fourth-order valence-corrected chi connectivity index (χ4v) is 4.24. The van der Waals surface area contributed by atoms with Crippen molar-refractivity contribution in [1.29, 1.82) is 0 Å². The van der Waals surface area contributed by atoms with Gasteiger partial charge in [0.1, 0.15) is 11.4 Å². The number of piperidine rings is 1. The molecule has 32 heavy (non-hydrogen) atoms. The molecule has 0 aliphatic carbocycles. The van der Waals surface area contributed by atoms with Gasteiger partial charge in [0.15, 0.2) is 0 Å². The minimum absolute atomic E-state index is 0.276. The maximum absolute atomic E-state index is 13.6. The summed E-state index contributed by atoms with van der Waals surface area (Å²) in [5.41, 5.74) is 2.20. The average molecular weight is 453 g/mol. The number of nitrogens with zero attached hydrogens (tertiary/aromatic N) is 2. The number of halogens is 1. The lowest BCUT2D eigenvalue weighted by atomic mass is 9.97. The van der Waals surface area contributed by atoms with Gasteiger partial charge in [0, 0.05) is 18.1 Å². The van der Waals surface area contributed by atoms with Crippen LogP contribution in [-0.2, 0) is 9.59 Å². The van der Waals surface area contributed by atoms with Gasteiger partial charge in [-0.3, -0.25) is 9.59 Å². The Labute approximate surface area is 194 Å². The van der Waals surface area contributed by atoms with Gasteiger partial charge < -0.3 is 9.64 Å². The summed E-state index contributed by atoms with van der Waals surface area (Å²) in [6, 6.07) is 14.3. The van der Waals surface area contributed by atoms with Crippen LogP contribution in [0.2, 0.25) is 5.02 Å². The summed E-state index contributed by atoms with van der Waals surface area (Å²) in [5, 5.41) is 0.559. The molecule has 0 N–H and O–H groups in total. The molecule has 2 aliphatic rings. The van der Waals surface area contributed by atoms with Crippen molar-refractivity contribution < 1.29 is 14.3 Å². The smallest absolute Gasteiger partial charge is 0.282 e. The lowest BCUT2D eigenvalue weighted by molar-refractivity contribution is -0.120. The van der Waals surface area contributed by atoms with Crippen LogP contribution < -0.4 is 9.64 Å². The van der Waals surface area contributed by atoms with E-state index in [-0.39, 0.29) is 11.8 Å². The second kappa shape index (κ2) is 9.37. The van der Waals surface area contributed by atoms with E-state index in [9.17, 15) is 9.59 Å². The van der Waals surface area contributed by atoms with Gasteiger partial charge in [-0.2, -0.15) is 0 Å². The van der Waals surface area contributed by atoms with Crippen molar-refractivity contribution in [2.24, 2.45) is 11.8 Å². The molecule has 0 aromatic heterocycles. The number of imide groups is 1. The highest BCUT2D eigenvalue weighted by Gasteiger charge is 2.42. The molecule has 4 rings (SSSR count). The second-order valence-corrected chi connectivity index (χ2v) is 9.48. The number of carbonyl (C=O) groups is 2. The van der Waals surface area contributed by atoms with Gasteiger partial charge in [0.2, 0.25) is 0 Å². The molecular formula is C26H29ClN2O3. The Kier molecular flexibility index (Phi) is 6.56. The Morgan fingerprint density at radius 3 is 2.19 bits per heavy atom. The number of benzene rings is 2. The summed E-state index contributed by atoms with van der Waals surface area (Å²) in [6.45, 7) is 8.58. The van der Waals surface area contributed by atoms with Gasteiger partial charge in [0.05, 0.1) is 17.9 Å². The topological polar surface area (TPSA) is 49.9 Å². The molecule has 168 valence electrons. The first-order chi connectivity index (χ1) is 15.3. The lowest BCUT2D eigenvalue weighted by Gasteiger charge is -2.32. The number of likely N-dealkylation sites (tertiary alicyclic amines) is 1. The third-order valence-electron chi connectivity index (χ3n) is 5.97. The Hall–Kier alpha value is -2.79. The lowest BCUT2D eigenvalue weighted by Crippen LogP contribution is -2.38. The summed E-state index contributed by atoms with van der Waals surface area (Å²) >= 11 is 6.02. The number of ether oxygens (including phenoxy) is 1. The fourth-order valence-electron chi connectivity index (χ4n) is 4.11. The number of hydrogen-bond acceptors (Lipinski definition) is 4. The van der Waals surface area contributed by atoms with Crippen LogP contribution in [0.1, 0.15) is 39.2 Å². The normalized spacial score (nSPS) is 17.7. The molecule has 6 heteroatoms. The maximum atomic E-state index is 13.6. The molecule has 1 saturated heterocycles. The Morgan fingerprint density at radius 2 is 1.59 bits per heavy atom. The van der Waals surface area contributed by atoms with Gasteiger partial charge in [0.25, 0.3) is 11.8 Å². The molecule has 2 aromatic carbocycles. The van der Waals surface area contributed by atoms with Crippen LogP contribution in [0, 0.1) is 11.8 Å². The molecule has 2 amide bonds. The highest BCUT2D eigenvalue weighted by atomic mass is 35.5. The molecule has 0 atom stereocenters. The molecule has 0 bridgehead atoms. The largest absolute Gasteiger partial charge is 0.493 e. The zero-order chi connectivity index (χ0) is 22.8. The predicted octanol–water partition coefficient (Wildman–Crippen LogP) is 5.39. The first-order valence-electron chi connectivity index (χ1n) is 11.2. The summed E-state index contributed by atoms with van der Waals surface area (Å²) in [5.74, 6) is 1.21. The third kappa shape index (κ3) is 4.53. The highest BCUT2D eigenvalue weighted by molar-refractivity contribution is 6.45. The van der Waals surface area contributed by atoms with Crippen molar-refractivity contribution in [3.8, 4) is 5.75 Å². The van der Waals surface area contributed by atoms with Crippen LogP contribution in [0.25, 0.3) is 5.57 Å².